The highest BCUT2D eigenvalue weighted by atomic mass is 32.2. The number of aryl methyl sites for hydroxylation is 1. The van der Waals surface area contributed by atoms with Crippen molar-refractivity contribution in [2.24, 2.45) is 0 Å². The van der Waals surface area contributed by atoms with Crippen LogP contribution >= 0.6 is 0 Å². The van der Waals surface area contributed by atoms with Crippen LogP contribution in [0.3, 0.4) is 0 Å². The number of carbonyl (C=O) groups is 1. The third-order valence-electron chi connectivity index (χ3n) is 4.49. The Labute approximate surface area is 165 Å². The Kier molecular flexibility index (Phi) is 6.33. The molecule has 3 rings (SSSR count). The van der Waals surface area contributed by atoms with Gasteiger partial charge in [-0.25, -0.2) is 8.42 Å². The summed E-state index contributed by atoms with van der Waals surface area (Å²) in [5, 5.41) is 2.84. The molecule has 28 heavy (non-hydrogen) atoms. The molecule has 0 saturated carbocycles. The second-order valence-corrected chi connectivity index (χ2v) is 8.70. The number of sulfonamides is 1. The van der Waals surface area contributed by atoms with Crippen molar-refractivity contribution >= 4 is 27.3 Å². The molecule has 0 atom stereocenters. The molecule has 0 aliphatic carbocycles. The van der Waals surface area contributed by atoms with Crippen LogP contribution in [0.2, 0.25) is 0 Å². The first-order valence-corrected chi connectivity index (χ1v) is 11.0. The number of benzene rings is 2. The van der Waals surface area contributed by atoms with Crippen LogP contribution in [0.25, 0.3) is 0 Å². The van der Waals surface area contributed by atoms with Crippen LogP contribution in [0.4, 0.5) is 11.4 Å². The van der Waals surface area contributed by atoms with Gasteiger partial charge in [0.25, 0.3) is 5.91 Å². The SMILES string of the molecule is Cc1ccc(NC(=O)c2cccc(CN3CCOCC3)c2)cc1NS(C)(=O)=O. The number of nitrogens with one attached hydrogen (secondary N) is 2. The maximum absolute atomic E-state index is 12.7. The molecule has 0 aromatic heterocycles. The minimum absolute atomic E-state index is 0.238. The van der Waals surface area contributed by atoms with Gasteiger partial charge >= 0.3 is 0 Å². The molecule has 8 heteroatoms. The van der Waals surface area contributed by atoms with Crippen molar-refractivity contribution in [3.8, 4) is 0 Å². The van der Waals surface area contributed by atoms with Gasteiger partial charge in [0.2, 0.25) is 10.0 Å². The molecule has 1 fully saturated rings. The summed E-state index contributed by atoms with van der Waals surface area (Å²) in [6, 6.07) is 12.7. The topological polar surface area (TPSA) is 87.7 Å². The van der Waals surface area contributed by atoms with Crippen LogP contribution < -0.4 is 10.0 Å². The average molecular weight is 404 g/mol. The second kappa shape index (κ2) is 8.72. The first-order valence-electron chi connectivity index (χ1n) is 9.09. The monoisotopic (exact) mass is 403 g/mol. The maximum Gasteiger partial charge on any atom is 0.255 e. The third-order valence-corrected chi connectivity index (χ3v) is 5.08. The highest BCUT2D eigenvalue weighted by molar-refractivity contribution is 7.92. The standard InChI is InChI=1S/C20H25N3O4S/c1-15-6-7-18(13-19(15)22-28(2,25)26)21-20(24)17-5-3-4-16(12-17)14-23-8-10-27-11-9-23/h3-7,12-13,22H,8-11,14H2,1-2H3,(H,21,24). The minimum atomic E-state index is -3.39. The normalized spacial score (nSPS) is 15.2. The molecule has 0 radical (unpaired) electrons. The number of nitrogens with zero attached hydrogens (tertiary/aromatic N) is 1. The highest BCUT2D eigenvalue weighted by Crippen LogP contribution is 2.22. The molecule has 0 unspecified atom stereocenters. The summed E-state index contributed by atoms with van der Waals surface area (Å²) in [6.45, 7) is 5.81. The van der Waals surface area contributed by atoms with Crippen molar-refractivity contribution in [3.63, 3.8) is 0 Å². The van der Waals surface area contributed by atoms with E-state index in [2.05, 4.69) is 14.9 Å². The minimum Gasteiger partial charge on any atom is -0.379 e. The summed E-state index contributed by atoms with van der Waals surface area (Å²) in [7, 11) is -3.39. The van der Waals surface area contributed by atoms with Gasteiger partial charge in [0.1, 0.15) is 0 Å². The van der Waals surface area contributed by atoms with E-state index in [-0.39, 0.29) is 5.91 Å². The Hall–Kier alpha value is -2.42. The van der Waals surface area contributed by atoms with Crippen molar-refractivity contribution in [1.29, 1.82) is 0 Å². The smallest absolute Gasteiger partial charge is 0.255 e. The Morgan fingerprint density at radius 3 is 2.61 bits per heavy atom. The van der Waals surface area contributed by atoms with E-state index in [9.17, 15) is 13.2 Å². The van der Waals surface area contributed by atoms with Gasteiger partial charge in [-0.2, -0.15) is 0 Å². The van der Waals surface area contributed by atoms with Crippen LogP contribution in [0.1, 0.15) is 21.5 Å². The van der Waals surface area contributed by atoms with Crippen LogP contribution in [-0.4, -0.2) is 51.8 Å². The van der Waals surface area contributed by atoms with Crippen molar-refractivity contribution in [2.75, 3.05) is 42.6 Å². The molecule has 150 valence electrons. The van der Waals surface area contributed by atoms with Crippen molar-refractivity contribution in [2.45, 2.75) is 13.5 Å². The third kappa shape index (κ3) is 5.79. The van der Waals surface area contributed by atoms with E-state index in [1.54, 1.807) is 31.2 Å². The van der Waals surface area contributed by atoms with Gasteiger partial charge in [0.15, 0.2) is 0 Å². The number of hydrogen-bond donors (Lipinski definition) is 2. The summed E-state index contributed by atoms with van der Waals surface area (Å²) in [5.41, 5.74) is 3.37. The summed E-state index contributed by atoms with van der Waals surface area (Å²) in [4.78, 5) is 15.0. The number of anilines is 2. The van der Waals surface area contributed by atoms with Gasteiger partial charge in [-0.3, -0.25) is 14.4 Å². The summed E-state index contributed by atoms with van der Waals surface area (Å²) in [6.07, 6.45) is 1.09. The molecule has 1 amide bonds. The predicted octanol–water partition coefficient (Wildman–Crippen LogP) is 2.45. The molecule has 2 aromatic carbocycles. The Morgan fingerprint density at radius 2 is 1.89 bits per heavy atom. The summed E-state index contributed by atoms with van der Waals surface area (Å²) < 4.78 is 30.8. The summed E-state index contributed by atoms with van der Waals surface area (Å²) >= 11 is 0. The fraction of sp³-hybridized carbons (Fsp3) is 0.350. The molecule has 1 saturated heterocycles. The number of rotatable bonds is 6. The van der Waals surface area contributed by atoms with Crippen LogP contribution in [0.15, 0.2) is 42.5 Å². The van der Waals surface area contributed by atoms with E-state index in [4.69, 9.17) is 4.74 Å². The van der Waals surface area contributed by atoms with Gasteiger partial charge in [-0.15, -0.1) is 0 Å². The lowest BCUT2D eigenvalue weighted by molar-refractivity contribution is 0.0342. The predicted molar refractivity (Wildman–Crippen MR) is 110 cm³/mol. The fourth-order valence-electron chi connectivity index (χ4n) is 3.04. The first kappa shape index (κ1) is 20.3. The van der Waals surface area contributed by atoms with Crippen molar-refractivity contribution in [3.05, 3.63) is 59.2 Å². The molecular formula is C20H25N3O4S. The van der Waals surface area contributed by atoms with E-state index < -0.39 is 10.0 Å². The lowest BCUT2D eigenvalue weighted by Crippen LogP contribution is -2.35. The second-order valence-electron chi connectivity index (χ2n) is 6.95. The van der Waals surface area contributed by atoms with Gasteiger partial charge in [-0.05, 0) is 42.3 Å². The largest absolute Gasteiger partial charge is 0.379 e. The number of carbonyl (C=O) groups excluding carboxylic acids is 1. The Morgan fingerprint density at radius 1 is 1.14 bits per heavy atom. The first-order chi connectivity index (χ1) is 13.3. The van der Waals surface area contributed by atoms with E-state index in [0.29, 0.717) is 16.9 Å². The number of hydrogen-bond acceptors (Lipinski definition) is 5. The van der Waals surface area contributed by atoms with E-state index in [1.807, 2.05) is 18.2 Å². The van der Waals surface area contributed by atoms with E-state index >= 15 is 0 Å². The zero-order chi connectivity index (χ0) is 20.1. The van der Waals surface area contributed by atoms with Crippen LogP contribution in [0, 0.1) is 6.92 Å². The molecule has 2 aromatic rings. The van der Waals surface area contributed by atoms with Gasteiger partial charge in [0, 0.05) is 30.9 Å². The van der Waals surface area contributed by atoms with Crippen LogP contribution in [-0.2, 0) is 21.3 Å². The number of morpholine rings is 1. The highest BCUT2D eigenvalue weighted by Gasteiger charge is 2.13. The molecule has 1 aliphatic rings. The maximum atomic E-state index is 12.7. The van der Waals surface area contributed by atoms with Crippen molar-refractivity contribution in [1.82, 2.24) is 4.90 Å². The zero-order valence-electron chi connectivity index (χ0n) is 16.1. The average Bonchev–Trinajstić information content (AvgIpc) is 2.64. The van der Waals surface area contributed by atoms with Crippen LogP contribution in [0.5, 0.6) is 0 Å². The number of ether oxygens (including phenoxy) is 1. The molecule has 1 heterocycles. The quantitative estimate of drug-likeness (QED) is 0.774. The Bertz CT molecular complexity index is 954. The molecule has 0 bridgehead atoms. The Balaban J connectivity index is 1.71. The molecule has 2 N–H and O–H groups in total. The summed E-state index contributed by atoms with van der Waals surface area (Å²) in [5.74, 6) is -0.238. The molecular weight excluding hydrogens is 378 g/mol. The van der Waals surface area contributed by atoms with E-state index in [1.165, 1.54) is 0 Å². The molecule has 0 spiro atoms. The lowest BCUT2D eigenvalue weighted by atomic mass is 10.1. The fourth-order valence-corrected chi connectivity index (χ4v) is 3.66. The van der Waals surface area contributed by atoms with Crippen molar-refractivity contribution < 1.29 is 17.9 Å². The van der Waals surface area contributed by atoms with Gasteiger partial charge in [-0.1, -0.05) is 18.2 Å². The van der Waals surface area contributed by atoms with Gasteiger partial charge < -0.3 is 10.1 Å². The number of amides is 1. The lowest BCUT2D eigenvalue weighted by Gasteiger charge is -2.26. The van der Waals surface area contributed by atoms with Gasteiger partial charge in [0.05, 0.1) is 25.2 Å². The molecule has 1 aliphatic heterocycles. The van der Waals surface area contributed by atoms with E-state index in [0.717, 1.165) is 50.2 Å². The zero-order valence-corrected chi connectivity index (χ0v) is 16.9. The molecule has 7 nitrogen and oxygen atoms in total.